The smallest absolute Gasteiger partial charge is 0.240 e. The summed E-state index contributed by atoms with van der Waals surface area (Å²) in [6.45, 7) is 4.24. The van der Waals surface area contributed by atoms with Gasteiger partial charge in [0.15, 0.2) is 0 Å². The van der Waals surface area contributed by atoms with Crippen LogP contribution in [0.1, 0.15) is 12.8 Å². The van der Waals surface area contributed by atoms with Gasteiger partial charge < -0.3 is 4.74 Å². The molecule has 0 aliphatic heterocycles. The number of anilines is 1. The lowest BCUT2D eigenvalue weighted by molar-refractivity contribution is 0.300. The lowest BCUT2D eigenvalue weighted by Gasteiger charge is -2.04. The molecule has 1 aromatic heterocycles. The number of nitrogens with two attached hydrogens (primary N) is 1. The lowest BCUT2D eigenvalue weighted by Crippen LogP contribution is -2.11. The first-order chi connectivity index (χ1) is 6.86. The Morgan fingerprint density at radius 1 is 1.64 bits per heavy atom. The first kappa shape index (κ1) is 10.5. The molecular formula is C9H14N4O. The zero-order valence-electron chi connectivity index (χ0n) is 7.94. The second-order valence-corrected chi connectivity index (χ2v) is 2.64. The Labute approximate surface area is 83.0 Å². The summed E-state index contributed by atoms with van der Waals surface area (Å²) in [6.07, 6.45) is 5.31. The molecule has 0 atom stereocenters. The molecule has 0 aliphatic carbocycles. The third-order valence-electron chi connectivity index (χ3n) is 1.56. The second-order valence-electron chi connectivity index (χ2n) is 2.64. The van der Waals surface area contributed by atoms with Crippen molar-refractivity contribution in [2.24, 2.45) is 5.84 Å². The summed E-state index contributed by atoms with van der Waals surface area (Å²) in [5.41, 5.74) is 2.35. The summed E-state index contributed by atoms with van der Waals surface area (Å²) in [7, 11) is 0. The molecule has 1 aromatic rings. The van der Waals surface area contributed by atoms with Crippen LogP contribution in [-0.2, 0) is 0 Å². The van der Waals surface area contributed by atoms with Gasteiger partial charge in [-0.3, -0.25) is 5.43 Å². The number of hydrazine groups is 1. The monoisotopic (exact) mass is 194 g/mol. The van der Waals surface area contributed by atoms with Crippen LogP contribution in [0.25, 0.3) is 0 Å². The summed E-state index contributed by atoms with van der Waals surface area (Å²) in [5, 5.41) is 0. The molecule has 0 saturated heterocycles. The molecule has 0 unspecified atom stereocenters. The molecule has 0 spiro atoms. The number of allylic oxidation sites excluding steroid dienone is 1. The average Bonchev–Trinajstić information content (AvgIpc) is 2.25. The molecule has 76 valence electrons. The predicted molar refractivity (Wildman–Crippen MR) is 54.8 cm³/mol. The largest absolute Gasteiger partial charge is 0.478 e. The number of rotatable bonds is 6. The van der Waals surface area contributed by atoms with Crippen molar-refractivity contribution in [1.29, 1.82) is 0 Å². The van der Waals surface area contributed by atoms with Gasteiger partial charge in [0.2, 0.25) is 11.8 Å². The van der Waals surface area contributed by atoms with Crippen molar-refractivity contribution in [2.75, 3.05) is 12.0 Å². The van der Waals surface area contributed by atoms with Gasteiger partial charge in [0.25, 0.3) is 0 Å². The number of nitrogens with one attached hydrogen (secondary N) is 1. The van der Waals surface area contributed by atoms with Crippen LogP contribution in [0, 0.1) is 0 Å². The molecule has 14 heavy (non-hydrogen) atoms. The molecule has 0 aliphatic rings. The molecule has 0 fully saturated rings. The molecule has 3 N–H and O–H groups in total. The summed E-state index contributed by atoms with van der Waals surface area (Å²) < 4.78 is 5.36. The molecule has 5 nitrogen and oxygen atoms in total. The van der Waals surface area contributed by atoms with E-state index >= 15 is 0 Å². The summed E-state index contributed by atoms with van der Waals surface area (Å²) in [4.78, 5) is 7.85. The number of ether oxygens (including phenoxy) is 1. The molecule has 5 heteroatoms. The van der Waals surface area contributed by atoms with Crippen LogP contribution in [-0.4, -0.2) is 16.6 Å². The molecule has 0 amide bonds. The third-order valence-corrected chi connectivity index (χ3v) is 1.56. The number of hydrogen-bond donors (Lipinski definition) is 2. The van der Waals surface area contributed by atoms with Gasteiger partial charge in [-0.15, -0.1) is 6.58 Å². The number of nitrogen functional groups attached to an aromatic ring is 1. The van der Waals surface area contributed by atoms with Crippen molar-refractivity contribution < 1.29 is 4.74 Å². The minimum absolute atomic E-state index is 0.353. The van der Waals surface area contributed by atoms with Crippen LogP contribution < -0.4 is 16.0 Å². The lowest BCUT2D eigenvalue weighted by atomic mass is 10.3. The summed E-state index contributed by atoms with van der Waals surface area (Å²) in [5.74, 6) is 6.03. The summed E-state index contributed by atoms with van der Waals surface area (Å²) in [6, 6.07) is 1.69. The predicted octanol–water partition coefficient (Wildman–Crippen LogP) is 1.11. The molecule has 0 bridgehead atoms. The maximum absolute atomic E-state index is 5.36. The highest BCUT2D eigenvalue weighted by atomic mass is 16.5. The van der Waals surface area contributed by atoms with Crippen LogP contribution in [0.5, 0.6) is 5.88 Å². The summed E-state index contributed by atoms with van der Waals surface area (Å²) >= 11 is 0. The Morgan fingerprint density at radius 3 is 3.21 bits per heavy atom. The van der Waals surface area contributed by atoms with Crippen molar-refractivity contribution in [3.63, 3.8) is 0 Å². The van der Waals surface area contributed by atoms with Gasteiger partial charge in [-0.05, 0) is 12.8 Å². The maximum Gasteiger partial charge on any atom is 0.240 e. The molecule has 1 heterocycles. The van der Waals surface area contributed by atoms with E-state index in [0.717, 1.165) is 12.8 Å². The van der Waals surface area contributed by atoms with Crippen molar-refractivity contribution in [1.82, 2.24) is 9.97 Å². The van der Waals surface area contributed by atoms with Crippen LogP contribution in [0.2, 0.25) is 0 Å². The normalized spacial score (nSPS) is 9.50. The van der Waals surface area contributed by atoms with Gasteiger partial charge in [-0.2, -0.15) is 4.98 Å². The van der Waals surface area contributed by atoms with Crippen LogP contribution in [0.15, 0.2) is 24.9 Å². The molecule has 1 rings (SSSR count). The van der Waals surface area contributed by atoms with E-state index in [1.54, 1.807) is 12.3 Å². The first-order valence-electron chi connectivity index (χ1n) is 4.40. The van der Waals surface area contributed by atoms with Gasteiger partial charge in [-0.1, -0.05) is 6.08 Å². The van der Waals surface area contributed by atoms with E-state index < -0.39 is 0 Å². The van der Waals surface area contributed by atoms with E-state index in [9.17, 15) is 0 Å². The van der Waals surface area contributed by atoms with E-state index in [0.29, 0.717) is 18.4 Å². The third kappa shape index (κ3) is 3.40. The maximum atomic E-state index is 5.36. The average molecular weight is 194 g/mol. The number of hydrogen-bond acceptors (Lipinski definition) is 5. The van der Waals surface area contributed by atoms with Crippen molar-refractivity contribution >= 4 is 5.95 Å². The molecule has 0 radical (unpaired) electrons. The van der Waals surface area contributed by atoms with Gasteiger partial charge in [0.1, 0.15) is 0 Å². The zero-order valence-corrected chi connectivity index (χ0v) is 7.94. The van der Waals surface area contributed by atoms with Crippen LogP contribution >= 0.6 is 0 Å². The highest BCUT2D eigenvalue weighted by Crippen LogP contribution is 2.07. The van der Waals surface area contributed by atoms with Crippen molar-refractivity contribution in [3.05, 3.63) is 24.9 Å². The number of aromatic nitrogens is 2. The molecular weight excluding hydrogens is 180 g/mol. The van der Waals surface area contributed by atoms with Gasteiger partial charge in [-0.25, -0.2) is 10.8 Å². The SMILES string of the molecule is C=CCCCOc1ccnc(NN)n1. The van der Waals surface area contributed by atoms with E-state index in [1.165, 1.54) is 0 Å². The Morgan fingerprint density at radius 2 is 2.50 bits per heavy atom. The van der Waals surface area contributed by atoms with Crippen molar-refractivity contribution in [3.8, 4) is 5.88 Å². The topological polar surface area (TPSA) is 73.1 Å². The first-order valence-corrected chi connectivity index (χ1v) is 4.40. The standard InChI is InChI=1S/C9H14N4O/c1-2-3-4-7-14-8-5-6-11-9(12-8)13-10/h2,5-6H,1,3-4,7,10H2,(H,11,12,13). The Bertz CT molecular complexity index is 290. The van der Waals surface area contributed by atoms with Crippen LogP contribution in [0.3, 0.4) is 0 Å². The fourth-order valence-electron chi connectivity index (χ4n) is 0.896. The van der Waals surface area contributed by atoms with Gasteiger partial charge in [0, 0.05) is 12.3 Å². The quantitative estimate of drug-likeness (QED) is 0.307. The highest BCUT2D eigenvalue weighted by Gasteiger charge is 1.97. The fraction of sp³-hybridized carbons (Fsp3) is 0.333. The zero-order chi connectivity index (χ0) is 10.2. The Hall–Kier alpha value is -1.62. The Kier molecular flexibility index (Phi) is 4.43. The van der Waals surface area contributed by atoms with Gasteiger partial charge in [0.05, 0.1) is 6.61 Å². The van der Waals surface area contributed by atoms with E-state index in [-0.39, 0.29) is 0 Å². The number of nitrogens with zero attached hydrogens (tertiary/aromatic N) is 2. The van der Waals surface area contributed by atoms with Gasteiger partial charge >= 0.3 is 0 Å². The van der Waals surface area contributed by atoms with E-state index in [2.05, 4.69) is 22.0 Å². The van der Waals surface area contributed by atoms with E-state index in [1.807, 2.05) is 6.08 Å². The number of unbranched alkanes of at least 4 members (excludes halogenated alkanes) is 1. The minimum atomic E-state index is 0.353. The minimum Gasteiger partial charge on any atom is -0.478 e. The van der Waals surface area contributed by atoms with Crippen molar-refractivity contribution in [2.45, 2.75) is 12.8 Å². The Balaban J connectivity index is 2.38. The molecule has 0 saturated carbocycles. The molecule has 0 aromatic carbocycles. The highest BCUT2D eigenvalue weighted by molar-refractivity contribution is 5.25. The second kappa shape index (κ2) is 5.93. The van der Waals surface area contributed by atoms with Crippen LogP contribution in [0.4, 0.5) is 5.95 Å². The fourth-order valence-corrected chi connectivity index (χ4v) is 0.896. The van der Waals surface area contributed by atoms with E-state index in [4.69, 9.17) is 10.6 Å².